The molecule has 2 aromatic rings. The molecule has 8 nitrogen and oxygen atoms in total. The van der Waals surface area contributed by atoms with Crippen LogP contribution in [0.4, 0.5) is 5.82 Å². The Hall–Kier alpha value is -3.47. The summed E-state index contributed by atoms with van der Waals surface area (Å²) < 4.78 is 0. The molecule has 0 bridgehead atoms. The molecule has 1 aliphatic carbocycles. The summed E-state index contributed by atoms with van der Waals surface area (Å²) in [5, 5.41) is 20.3. The van der Waals surface area contributed by atoms with Gasteiger partial charge in [-0.2, -0.15) is 5.26 Å². The number of hydrogen-bond donors (Lipinski definition) is 3. The molecule has 0 spiro atoms. The maximum Gasteiger partial charge on any atom is 0.262 e. The fraction of sp³-hybridized carbons (Fsp3) is 0.435. The summed E-state index contributed by atoms with van der Waals surface area (Å²) in [7, 11) is 0. The Morgan fingerprint density at radius 2 is 2.00 bits per heavy atom. The largest absolute Gasteiger partial charge is 0.367 e. The van der Waals surface area contributed by atoms with Crippen LogP contribution in [-0.2, 0) is 0 Å². The summed E-state index contributed by atoms with van der Waals surface area (Å²) in [6.07, 6.45) is 4.87. The van der Waals surface area contributed by atoms with Gasteiger partial charge in [0.05, 0.1) is 11.6 Å². The van der Waals surface area contributed by atoms with Gasteiger partial charge in [0.15, 0.2) is 0 Å². The van der Waals surface area contributed by atoms with E-state index < -0.39 is 0 Å². The monoisotopic (exact) mass is 418 g/mol. The number of nitrogens with one attached hydrogen (secondary N) is 3. The maximum absolute atomic E-state index is 13.0. The highest BCUT2D eigenvalue weighted by Gasteiger charge is 2.29. The molecule has 1 aromatic heterocycles. The second-order valence-corrected chi connectivity index (χ2v) is 8.35. The van der Waals surface area contributed by atoms with E-state index in [1.165, 1.54) is 0 Å². The van der Waals surface area contributed by atoms with Crippen LogP contribution in [0.1, 0.15) is 72.3 Å². The summed E-state index contributed by atoms with van der Waals surface area (Å²) >= 11 is 0. The van der Waals surface area contributed by atoms with Crippen LogP contribution in [0.5, 0.6) is 0 Å². The fourth-order valence-electron chi connectivity index (χ4n) is 4.14. The second-order valence-electron chi connectivity index (χ2n) is 8.35. The number of aromatic nitrogens is 2. The number of anilines is 1. The molecule has 31 heavy (non-hydrogen) atoms. The Morgan fingerprint density at radius 3 is 2.61 bits per heavy atom. The summed E-state index contributed by atoms with van der Waals surface area (Å²) in [4.78, 5) is 35.1. The highest BCUT2D eigenvalue weighted by Crippen LogP contribution is 2.28. The fourth-order valence-corrected chi connectivity index (χ4v) is 4.14. The first kappa shape index (κ1) is 20.8. The summed E-state index contributed by atoms with van der Waals surface area (Å²) in [5.74, 6) is 0.878. The van der Waals surface area contributed by atoms with Crippen molar-refractivity contribution in [2.75, 3.05) is 18.4 Å². The molecule has 160 valence electrons. The third-order valence-corrected chi connectivity index (χ3v) is 6.11. The van der Waals surface area contributed by atoms with Gasteiger partial charge in [-0.05, 0) is 63.3 Å². The van der Waals surface area contributed by atoms with Crippen molar-refractivity contribution < 1.29 is 4.79 Å². The summed E-state index contributed by atoms with van der Waals surface area (Å²) in [6.45, 7) is 2.70. The number of hydrogen-bond acceptors (Lipinski definition) is 6. The predicted molar refractivity (Wildman–Crippen MR) is 118 cm³/mol. The zero-order valence-electron chi connectivity index (χ0n) is 17.6. The molecular weight excluding hydrogens is 392 g/mol. The van der Waals surface area contributed by atoms with Crippen molar-refractivity contribution in [3.8, 4) is 6.07 Å². The van der Waals surface area contributed by atoms with Crippen molar-refractivity contribution in [1.29, 1.82) is 10.7 Å². The topological polar surface area (TPSA) is 126 Å². The number of nitrogens with zero attached hydrogens (tertiary/aromatic N) is 3. The standard InChI is InChI=1S/C23H26N6O2/c1-14(25)19-21(26-18-5-2-6-18)27-20(28-22(19)30)17-4-3-11-29(13-17)23(31)16-9-7-15(12-24)8-10-16/h7-10,17-18,25H,2-6,11,13H2,1H3,(H2,26,27,28,30). The first-order valence-electron chi connectivity index (χ1n) is 10.7. The van der Waals surface area contributed by atoms with Gasteiger partial charge in [0.25, 0.3) is 11.5 Å². The van der Waals surface area contributed by atoms with Crippen molar-refractivity contribution in [1.82, 2.24) is 14.9 Å². The normalized spacial score (nSPS) is 18.7. The van der Waals surface area contributed by atoms with E-state index in [4.69, 9.17) is 15.7 Å². The van der Waals surface area contributed by atoms with Gasteiger partial charge < -0.3 is 20.6 Å². The molecule has 1 atom stereocenters. The molecular formula is C23H26N6O2. The van der Waals surface area contributed by atoms with E-state index in [1.807, 2.05) is 0 Å². The van der Waals surface area contributed by atoms with Gasteiger partial charge in [-0.25, -0.2) is 4.98 Å². The summed E-state index contributed by atoms with van der Waals surface area (Å²) in [5.41, 5.74) is 1.22. The highest BCUT2D eigenvalue weighted by molar-refractivity contribution is 6.00. The van der Waals surface area contributed by atoms with Crippen molar-refractivity contribution in [2.24, 2.45) is 0 Å². The highest BCUT2D eigenvalue weighted by atomic mass is 16.2. The van der Waals surface area contributed by atoms with E-state index in [2.05, 4.69) is 16.4 Å². The van der Waals surface area contributed by atoms with Crippen LogP contribution >= 0.6 is 0 Å². The number of aromatic amines is 1. The molecule has 1 aliphatic heterocycles. The molecule has 2 fully saturated rings. The Labute approximate surface area is 180 Å². The van der Waals surface area contributed by atoms with Crippen LogP contribution in [0, 0.1) is 16.7 Å². The van der Waals surface area contributed by atoms with Crippen LogP contribution in [-0.4, -0.2) is 45.6 Å². The Balaban J connectivity index is 1.57. The number of piperidine rings is 1. The van der Waals surface area contributed by atoms with Gasteiger partial charge in [0, 0.05) is 36.3 Å². The molecule has 0 radical (unpaired) electrons. The third kappa shape index (κ3) is 4.36. The quantitative estimate of drug-likeness (QED) is 0.644. The Bertz CT molecular complexity index is 1090. The zero-order chi connectivity index (χ0) is 22.0. The van der Waals surface area contributed by atoms with Gasteiger partial charge in [0.2, 0.25) is 0 Å². The summed E-state index contributed by atoms with van der Waals surface area (Å²) in [6, 6.07) is 8.98. The van der Waals surface area contributed by atoms with Crippen molar-refractivity contribution >= 4 is 17.4 Å². The lowest BCUT2D eigenvalue weighted by Crippen LogP contribution is -2.40. The van der Waals surface area contributed by atoms with Gasteiger partial charge in [0.1, 0.15) is 17.2 Å². The van der Waals surface area contributed by atoms with Gasteiger partial charge >= 0.3 is 0 Å². The average Bonchev–Trinajstić information content (AvgIpc) is 2.75. The Morgan fingerprint density at radius 1 is 1.26 bits per heavy atom. The molecule has 1 aromatic carbocycles. The molecule has 1 amide bonds. The smallest absolute Gasteiger partial charge is 0.262 e. The van der Waals surface area contributed by atoms with Crippen LogP contribution in [0.15, 0.2) is 29.1 Å². The van der Waals surface area contributed by atoms with E-state index in [-0.39, 0.29) is 28.7 Å². The maximum atomic E-state index is 13.0. The first-order valence-corrected chi connectivity index (χ1v) is 10.7. The first-order chi connectivity index (χ1) is 15.0. The number of H-pyrrole nitrogens is 1. The number of carbonyl (C=O) groups excluding carboxylic acids is 1. The predicted octanol–water partition coefficient (Wildman–Crippen LogP) is 3.01. The number of benzene rings is 1. The average molecular weight is 419 g/mol. The third-order valence-electron chi connectivity index (χ3n) is 6.11. The van der Waals surface area contributed by atoms with E-state index in [0.29, 0.717) is 41.9 Å². The minimum absolute atomic E-state index is 0.0780. The molecule has 1 unspecified atom stereocenters. The molecule has 4 rings (SSSR count). The zero-order valence-corrected chi connectivity index (χ0v) is 17.6. The van der Waals surface area contributed by atoms with Crippen molar-refractivity contribution in [3.05, 3.63) is 57.1 Å². The second kappa shape index (κ2) is 8.72. The van der Waals surface area contributed by atoms with E-state index in [1.54, 1.807) is 36.1 Å². The molecule has 8 heteroatoms. The van der Waals surface area contributed by atoms with Crippen LogP contribution in [0.25, 0.3) is 0 Å². The minimum atomic E-state index is -0.310. The van der Waals surface area contributed by atoms with Crippen LogP contribution in [0.3, 0.4) is 0 Å². The number of likely N-dealkylation sites (tertiary alicyclic amines) is 1. The van der Waals surface area contributed by atoms with Crippen molar-refractivity contribution in [3.63, 3.8) is 0 Å². The number of amides is 1. The minimum Gasteiger partial charge on any atom is -0.367 e. The van der Waals surface area contributed by atoms with Crippen LogP contribution in [0.2, 0.25) is 0 Å². The van der Waals surface area contributed by atoms with E-state index in [0.717, 1.165) is 32.1 Å². The molecule has 1 saturated heterocycles. The molecule has 3 N–H and O–H groups in total. The molecule has 2 aliphatic rings. The number of carbonyl (C=O) groups is 1. The van der Waals surface area contributed by atoms with Crippen molar-refractivity contribution in [2.45, 2.75) is 51.0 Å². The molecule has 2 heterocycles. The van der Waals surface area contributed by atoms with E-state index >= 15 is 0 Å². The lowest BCUT2D eigenvalue weighted by atomic mass is 9.93. The number of nitriles is 1. The van der Waals surface area contributed by atoms with Gasteiger partial charge in [-0.1, -0.05) is 0 Å². The lowest BCUT2D eigenvalue weighted by Gasteiger charge is -2.33. The van der Waals surface area contributed by atoms with Gasteiger partial charge in [-0.15, -0.1) is 0 Å². The van der Waals surface area contributed by atoms with E-state index in [9.17, 15) is 9.59 Å². The van der Waals surface area contributed by atoms with Gasteiger partial charge in [-0.3, -0.25) is 9.59 Å². The lowest BCUT2D eigenvalue weighted by molar-refractivity contribution is 0.0704. The Kier molecular flexibility index (Phi) is 5.85. The SMILES string of the molecule is CC(=N)c1c(NC2CCC2)nc(C2CCCN(C(=O)c3ccc(C#N)cc3)C2)[nH]c1=O. The number of rotatable bonds is 5. The molecule has 1 saturated carbocycles. The van der Waals surface area contributed by atoms with Crippen LogP contribution < -0.4 is 10.9 Å².